The van der Waals surface area contributed by atoms with Crippen molar-refractivity contribution < 1.29 is 0 Å². The Morgan fingerprint density at radius 1 is 1.38 bits per heavy atom. The molecule has 1 rings (SSSR count). The van der Waals surface area contributed by atoms with Crippen molar-refractivity contribution in [1.29, 1.82) is 0 Å². The first kappa shape index (κ1) is 13.2. The molecule has 16 heavy (non-hydrogen) atoms. The first-order valence-electron chi connectivity index (χ1n) is 5.72. The van der Waals surface area contributed by atoms with E-state index in [2.05, 4.69) is 11.6 Å². The third-order valence-corrected chi connectivity index (χ3v) is 2.78. The monoisotopic (exact) mass is 238 g/mol. The van der Waals surface area contributed by atoms with Crippen LogP contribution in [0, 0.1) is 0 Å². The summed E-state index contributed by atoms with van der Waals surface area (Å²) in [5.41, 5.74) is 6.96. The molecule has 0 spiro atoms. The van der Waals surface area contributed by atoms with Crippen LogP contribution in [0.15, 0.2) is 31.0 Å². The summed E-state index contributed by atoms with van der Waals surface area (Å²) in [6, 6.07) is 3.76. The molecule has 1 aromatic rings. The van der Waals surface area contributed by atoms with Gasteiger partial charge >= 0.3 is 0 Å². The molecule has 0 bridgehead atoms. The molecule has 2 nitrogen and oxygen atoms in total. The van der Waals surface area contributed by atoms with Crippen LogP contribution in [0.5, 0.6) is 0 Å². The molecule has 0 aliphatic carbocycles. The van der Waals surface area contributed by atoms with Gasteiger partial charge in [-0.25, -0.2) is 0 Å². The van der Waals surface area contributed by atoms with E-state index in [0.717, 1.165) is 25.0 Å². The molecule has 0 aliphatic rings. The second-order valence-electron chi connectivity index (χ2n) is 3.93. The van der Waals surface area contributed by atoms with Gasteiger partial charge in [0.05, 0.1) is 10.7 Å². The van der Waals surface area contributed by atoms with E-state index in [9.17, 15) is 0 Å². The highest BCUT2D eigenvalue weighted by Gasteiger charge is 2.06. The Morgan fingerprint density at radius 3 is 2.81 bits per heavy atom. The number of halogens is 1. The van der Waals surface area contributed by atoms with Gasteiger partial charge in [-0.2, -0.15) is 0 Å². The van der Waals surface area contributed by atoms with Crippen molar-refractivity contribution >= 4 is 11.6 Å². The van der Waals surface area contributed by atoms with Gasteiger partial charge in [0.15, 0.2) is 0 Å². The summed E-state index contributed by atoms with van der Waals surface area (Å²) in [6.07, 6.45) is 9.21. The maximum absolute atomic E-state index is 6.03. The van der Waals surface area contributed by atoms with Crippen LogP contribution in [0.4, 0.5) is 0 Å². The van der Waals surface area contributed by atoms with E-state index in [1.807, 2.05) is 18.2 Å². The molecule has 0 saturated heterocycles. The summed E-state index contributed by atoms with van der Waals surface area (Å²) in [7, 11) is 0. The topological polar surface area (TPSA) is 38.9 Å². The minimum absolute atomic E-state index is 0.0287. The number of nitrogens with zero attached hydrogens (tertiary/aromatic N) is 1. The van der Waals surface area contributed by atoms with E-state index < -0.39 is 0 Å². The maximum Gasteiger partial charge on any atom is 0.0589 e. The van der Waals surface area contributed by atoms with Gasteiger partial charge in [0.1, 0.15) is 0 Å². The van der Waals surface area contributed by atoms with Crippen LogP contribution in [-0.2, 0) is 0 Å². The smallest absolute Gasteiger partial charge is 0.0589 e. The molecule has 0 amide bonds. The molecular weight excluding hydrogens is 220 g/mol. The third kappa shape index (κ3) is 4.77. The summed E-state index contributed by atoms with van der Waals surface area (Å²) in [4.78, 5) is 4.22. The number of unbranched alkanes of at least 4 members (excludes halogenated alkanes) is 3. The molecule has 2 N–H and O–H groups in total. The quantitative estimate of drug-likeness (QED) is 0.579. The molecule has 1 aromatic heterocycles. The van der Waals surface area contributed by atoms with Gasteiger partial charge in [0, 0.05) is 12.2 Å². The number of aromatic nitrogens is 1. The predicted molar refractivity (Wildman–Crippen MR) is 69.5 cm³/mol. The van der Waals surface area contributed by atoms with Crippen molar-refractivity contribution in [3.63, 3.8) is 0 Å². The lowest BCUT2D eigenvalue weighted by Crippen LogP contribution is -2.11. The van der Waals surface area contributed by atoms with E-state index >= 15 is 0 Å². The highest BCUT2D eigenvalue weighted by Crippen LogP contribution is 2.17. The van der Waals surface area contributed by atoms with Gasteiger partial charge in [0.25, 0.3) is 0 Å². The zero-order valence-corrected chi connectivity index (χ0v) is 10.3. The molecule has 1 heterocycles. The second-order valence-corrected chi connectivity index (χ2v) is 4.37. The average Bonchev–Trinajstić information content (AvgIpc) is 2.29. The molecular formula is C13H19ClN2. The van der Waals surface area contributed by atoms with Gasteiger partial charge in [-0.05, 0) is 31.4 Å². The number of nitrogens with two attached hydrogens (primary N) is 1. The van der Waals surface area contributed by atoms with Crippen molar-refractivity contribution in [1.82, 2.24) is 4.98 Å². The van der Waals surface area contributed by atoms with Gasteiger partial charge in [0.2, 0.25) is 0 Å². The Bertz CT molecular complexity index is 308. The predicted octanol–water partition coefficient (Wildman–Crippen LogP) is 3.87. The van der Waals surface area contributed by atoms with Crippen molar-refractivity contribution in [2.75, 3.05) is 0 Å². The highest BCUT2D eigenvalue weighted by atomic mass is 35.5. The molecule has 88 valence electrons. The normalized spacial score (nSPS) is 12.4. The summed E-state index contributed by atoms with van der Waals surface area (Å²) in [6.45, 7) is 3.70. The summed E-state index contributed by atoms with van der Waals surface area (Å²) >= 11 is 5.77. The van der Waals surface area contributed by atoms with Crippen molar-refractivity contribution in [3.8, 4) is 0 Å². The highest BCUT2D eigenvalue weighted by molar-refractivity contribution is 6.30. The maximum atomic E-state index is 6.03. The molecule has 0 aromatic carbocycles. The van der Waals surface area contributed by atoms with Crippen LogP contribution in [0.3, 0.4) is 0 Å². The summed E-state index contributed by atoms with van der Waals surface area (Å²) < 4.78 is 0. The van der Waals surface area contributed by atoms with Crippen molar-refractivity contribution in [2.24, 2.45) is 5.73 Å². The lowest BCUT2D eigenvalue weighted by molar-refractivity contribution is 0.563. The number of hydrogen-bond acceptors (Lipinski definition) is 2. The fraction of sp³-hybridized carbons (Fsp3) is 0.462. The largest absolute Gasteiger partial charge is 0.323 e. The molecule has 1 atom stereocenters. The number of allylic oxidation sites excluding steroid dienone is 1. The fourth-order valence-electron chi connectivity index (χ4n) is 1.58. The first-order valence-corrected chi connectivity index (χ1v) is 6.09. The van der Waals surface area contributed by atoms with E-state index in [0.29, 0.717) is 5.02 Å². The standard InChI is InChI=1S/C13H19ClN2/c1-2-3-4-5-6-7-12(15)13-9-8-11(14)10-16-13/h2,8-10,12H,1,3-7,15H2. The molecule has 3 heteroatoms. The Hall–Kier alpha value is -0.860. The molecule has 0 saturated carbocycles. The van der Waals surface area contributed by atoms with Crippen molar-refractivity contribution in [3.05, 3.63) is 41.7 Å². The van der Waals surface area contributed by atoms with Crippen molar-refractivity contribution in [2.45, 2.75) is 38.1 Å². The van der Waals surface area contributed by atoms with Crippen LogP contribution in [0.1, 0.15) is 43.8 Å². The van der Waals surface area contributed by atoms with Crippen LogP contribution >= 0.6 is 11.6 Å². The third-order valence-electron chi connectivity index (χ3n) is 2.55. The van der Waals surface area contributed by atoms with Gasteiger partial charge in [-0.15, -0.1) is 6.58 Å². The van der Waals surface area contributed by atoms with Gasteiger partial charge < -0.3 is 5.73 Å². The molecule has 0 aliphatic heterocycles. The van der Waals surface area contributed by atoms with Crippen LogP contribution in [0.25, 0.3) is 0 Å². The van der Waals surface area contributed by atoms with E-state index in [-0.39, 0.29) is 6.04 Å². The molecule has 1 unspecified atom stereocenters. The van der Waals surface area contributed by atoms with E-state index in [1.54, 1.807) is 6.20 Å². The Labute approximate surface area is 103 Å². The Kier molecular flexibility index (Phi) is 6.12. The minimum Gasteiger partial charge on any atom is -0.323 e. The van der Waals surface area contributed by atoms with Gasteiger partial charge in [-0.1, -0.05) is 30.5 Å². The zero-order chi connectivity index (χ0) is 11.8. The Morgan fingerprint density at radius 2 is 2.19 bits per heavy atom. The minimum atomic E-state index is 0.0287. The number of rotatable bonds is 7. The average molecular weight is 239 g/mol. The first-order chi connectivity index (χ1) is 7.74. The second kappa shape index (κ2) is 7.42. The number of hydrogen-bond donors (Lipinski definition) is 1. The fourth-order valence-corrected chi connectivity index (χ4v) is 1.70. The molecule has 0 radical (unpaired) electrons. The lowest BCUT2D eigenvalue weighted by Gasteiger charge is -2.10. The van der Waals surface area contributed by atoms with Crippen LogP contribution in [-0.4, -0.2) is 4.98 Å². The Balaban J connectivity index is 2.26. The van der Waals surface area contributed by atoms with Crippen LogP contribution in [0.2, 0.25) is 5.02 Å². The molecule has 0 fully saturated rings. The lowest BCUT2D eigenvalue weighted by atomic mass is 10.0. The van der Waals surface area contributed by atoms with E-state index in [1.165, 1.54) is 12.8 Å². The van der Waals surface area contributed by atoms with Crippen LogP contribution < -0.4 is 5.73 Å². The summed E-state index contributed by atoms with van der Waals surface area (Å²) in [5, 5.41) is 0.655. The number of pyridine rings is 1. The summed E-state index contributed by atoms with van der Waals surface area (Å²) in [5.74, 6) is 0. The van der Waals surface area contributed by atoms with E-state index in [4.69, 9.17) is 17.3 Å². The SMILES string of the molecule is C=CCCCCCC(N)c1ccc(Cl)cn1. The zero-order valence-electron chi connectivity index (χ0n) is 9.53. The van der Waals surface area contributed by atoms with Gasteiger partial charge in [-0.3, -0.25) is 4.98 Å².